The average molecular weight is 437 g/mol. The Morgan fingerprint density at radius 1 is 1.25 bits per heavy atom. The van der Waals surface area contributed by atoms with Crippen LogP contribution >= 0.6 is 24.0 Å². The number of nitrogens with zero attached hydrogens (tertiary/aromatic N) is 2. The summed E-state index contributed by atoms with van der Waals surface area (Å²) in [7, 11) is 0. The van der Waals surface area contributed by atoms with Crippen LogP contribution in [-0.2, 0) is 19.4 Å². The number of halogens is 1. The minimum atomic E-state index is 0. The van der Waals surface area contributed by atoms with Crippen LogP contribution < -0.4 is 5.32 Å². The molecule has 1 N–H and O–H groups in total. The van der Waals surface area contributed by atoms with Gasteiger partial charge in [0.1, 0.15) is 5.76 Å². The predicted octanol–water partition coefficient (Wildman–Crippen LogP) is 3.63. The molecule has 0 fully saturated rings. The van der Waals surface area contributed by atoms with E-state index in [9.17, 15) is 0 Å². The monoisotopic (exact) mass is 437 g/mol. The van der Waals surface area contributed by atoms with Crippen LogP contribution in [0.4, 0.5) is 0 Å². The first-order chi connectivity index (χ1) is 11.4. The van der Waals surface area contributed by atoms with Crippen molar-refractivity contribution < 1.29 is 4.42 Å². The normalized spacial score (nSPS) is 13.8. The maximum absolute atomic E-state index is 5.37. The van der Waals surface area contributed by atoms with Crippen LogP contribution in [0.2, 0.25) is 0 Å². The maximum atomic E-state index is 5.37. The summed E-state index contributed by atoms with van der Waals surface area (Å²) >= 11 is 0. The summed E-state index contributed by atoms with van der Waals surface area (Å²) in [5.74, 6) is 1.92. The van der Waals surface area contributed by atoms with Crippen molar-refractivity contribution in [1.82, 2.24) is 10.2 Å². The Hall–Kier alpha value is -1.76. The first kappa shape index (κ1) is 18.6. The summed E-state index contributed by atoms with van der Waals surface area (Å²) in [6, 6.07) is 12.5. The molecule has 3 rings (SSSR count). The molecule has 1 aromatic heterocycles. The van der Waals surface area contributed by atoms with Crippen LogP contribution in [0.5, 0.6) is 0 Å². The molecule has 0 unspecified atom stereocenters. The van der Waals surface area contributed by atoms with Crippen LogP contribution in [-0.4, -0.2) is 30.5 Å². The number of hydrogen-bond acceptors (Lipinski definition) is 2. The van der Waals surface area contributed by atoms with Crippen LogP contribution in [0, 0.1) is 0 Å². The topological polar surface area (TPSA) is 40.8 Å². The van der Waals surface area contributed by atoms with Gasteiger partial charge >= 0.3 is 0 Å². The summed E-state index contributed by atoms with van der Waals surface area (Å²) in [5.41, 5.74) is 2.83. The van der Waals surface area contributed by atoms with Gasteiger partial charge in [-0.05, 0) is 29.7 Å². The van der Waals surface area contributed by atoms with Gasteiger partial charge in [0.05, 0.1) is 6.26 Å². The summed E-state index contributed by atoms with van der Waals surface area (Å²) in [4.78, 5) is 7.07. The van der Waals surface area contributed by atoms with E-state index >= 15 is 0 Å². The molecule has 4 nitrogen and oxygen atoms in total. The second kappa shape index (κ2) is 9.52. The highest BCUT2D eigenvalue weighted by Gasteiger charge is 2.18. The van der Waals surface area contributed by atoms with Crippen LogP contribution in [0.1, 0.15) is 16.9 Å². The Bertz CT molecular complexity index is 667. The van der Waals surface area contributed by atoms with Gasteiger partial charge in [-0.1, -0.05) is 30.3 Å². The molecule has 0 spiro atoms. The van der Waals surface area contributed by atoms with Crippen molar-refractivity contribution in [3.8, 4) is 0 Å². The van der Waals surface area contributed by atoms with Crippen molar-refractivity contribution in [2.45, 2.75) is 19.4 Å². The number of guanidine groups is 1. The van der Waals surface area contributed by atoms with E-state index < -0.39 is 0 Å². The van der Waals surface area contributed by atoms with Gasteiger partial charge in [-0.3, -0.25) is 4.99 Å². The third kappa shape index (κ3) is 4.87. The molecule has 0 saturated heterocycles. The lowest BCUT2D eigenvalue weighted by atomic mass is 10.0. The molecule has 2 heterocycles. The highest BCUT2D eigenvalue weighted by molar-refractivity contribution is 14.0. The third-order valence-corrected chi connectivity index (χ3v) is 4.03. The molecule has 0 atom stereocenters. The van der Waals surface area contributed by atoms with Gasteiger partial charge in [-0.2, -0.15) is 0 Å². The Kier molecular flexibility index (Phi) is 7.36. The fourth-order valence-electron chi connectivity index (χ4n) is 2.83. The van der Waals surface area contributed by atoms with Crippen LogP contribution in [0.3, 0.4) is 0 Å². The molecule has 24 heavy (non-hydrogen) atoms. The Balaban J connectivity index is 0.00000208. The quantitative estimate of drug-likeness (QED) is 0.336. The van der Waals surface area contributed by atoms with E-state index in [1.165, 1.54) is 11.1 Å². The highest BCUT2D eigenvalue weighted by atomic mass is 127. The van der Waals surface area contributed by atoms with E-state index in [4.69, 9.17) is 9.41 Å². The van der Waals surface area contributed by atoms with Gasteiger partial charge in [-0.25, -0.2) is 0 Å². The SMILES string of the molecule is C=CCNC(=NCCc1ccco1)N1CCc2ccccc2C1.I. The van der Waals surface area contributed by atoms with E-state index in [2.05, 4.69) is 41.1 Å². The van der Waals surface area contributed by atoms with Crippen molar-refractivity contribution in [2.24, 2.45) is 4.99 Å². The third-order valence-electron chi connectivity index (χ3n) is 4.03. The largest absolute Gasteiger partial charge is 0.469 e. The molecule has 0 amide bonds. The first-order valence-electron chi connectivity index (χ1n) is 8.10. The molecule has 1 aromatic carbocycles. The van der Waals surface area contributed by atoms with Crippen molar-refractivity contribution in [3.63, 3.8) is 0 Å². The van der Waals surface area contributed by atoms with Crippen molar-refractivity contribution in [1.29, 1.82) is 0 Å². The maximum Gasteiger partial charge on any atom is 0.194 e. The Morgan fingerprint density at radius 3 is 2.83 bits per heavy atom. The number of nitrogens with one attached hydrogen (secondary N) is 1. The van der Waals surface area contributed by atoms with Gasteiger partial charge in [0, 0.05) is 32.6 Å². The van der Waals surface area contributed by atoms with E-state index in [1.807, 2.05) is 18.2 Å². The fraction of sp³-hybridized carbons (Fsp3) is 0.316. The number of aliphatic imine (C=N–C) groups is 1. The number of benzene rings is 1. The zero-order valence-corrected chi connectivity index (χ0v) is 16.1. The fourth-order valence-corrected chi connectivity index (χ4v) is 2.83. The molecule has 0 saturated carbocycles. The number of fused-ring (bicyclic) bond motifs is 1. The van der Waals surface area contributed by atoms with Gasteiger partial charge < -0.3 is 14.6 Å². The summed E-state index contributed by atoms with van der Waals surface area (Å²) in [5, 5.41) is 3.38. The zero-order chi connectivity index (χ0) is 15.9. The molecule has 0 radical (unpaired) electrons. The average Bonchev–Trinajstić information content (AvgIpc) is 3.11. The number of furan rings is 1. The number of hydrogen-bond donors (Lipinski definition) is 1. The van der Waals surface area contributed by atoms with Gasteiger partial charge in [-0.15, -0.1) is 30.6 Å². The molecule has 2 aromatic rings. The lowest BCUT2D eigenvalue weighted by molar-refractivity contribution is 0.379. The Morgan fingerprint density at radius 2 is 2.08 bits per heavy atom. The van der Waals surface area contributed by atoms with E-state index in [1.54, 1.807) is 6.26 Å². The smallest absolute Gasteiger partial charge is 0.194 e. The van der Waals surface area contributed by atoms with Crippen LogP contribution in [0.15, 0.2) is 64.7 Å². The highest BCUT2D eigenvalue weighted by Crippen LogP contribution is 2.18. The van der Waals surface area contributed by atoms with Crippen molar-refractivity contribution in [2.75, 3.05) is 19.6 Å². The minimum absolute atomic E-state index is 0. The summed E-state index contributed by atoms with van der Waals surface area (Å²) in [6.07, 6.45) is 5.44. The first-order valence-corrected chi connectivity index (χ1v) is 8.10. The van der Waals surface area contributed by atoms with Crippen molar-refractivity contribution >= 4 is 29.9 Å². The predicted molar refractivity (Wildman–Crippen MR) is 109 cm³/mol. The molecular weight excluding hydrogens is 413 g/mol. The van der Waals surface area contributed by atoms with E-state index in [0.717, 1.165) is 44.2 Å². The number of rotatable bonds is 5. The molecule has 0 aliphatic carbocycles. The molecule has 1 aliphatic rings. The van der Waals surface area contributed by atoms with Gasteiger partial charge in [0.2, 0.25) is 0 Å². The van der Waals surface area contributed by atoms with Crippen LogP contribution in [0.25, 0.3) is 0 Å². The molecule has 128 valence electrons. The summed E-state index contributed by atoms with van der Waals surface area (Å²) in [6.45, 7) is 7.11. The van der Waals surface area contributed by atoms with Crippen molar-refractivity contribution in [3.05, 3.63) is 72.2 Å². The van der Waals surface area contributed by atoms with Gasteiger partial charge in [0.25, 0.3) is 0 Å². The molecule has 1 aliphatic heterocycles. The second-order valence-corrected chi connectivity index (χ2v) is 5.64. The summed E-state index contributed by atoms with van der Waals surface area (Å²) < 4.78 is 5.37. The molecular formula is C19H24IN3O. The molecule has 0 bridgehead atoms. The van der Waals surface area contributed by atoms with Gasteiger partial charge in [0.15, 0.2) is 5.96 Å². The zero-order valence-electron chi connectivity index (χ0n) is 13.8. The molecule has 5 heteroatoms. The van der Waals surface area contributed by atoms with E-state index in [0.29, 0.717) is 6.54 Å². The standard InChI is InChI=1S/C19H23N3O.HI/c1-2-11-20-19(21-12-9-18-8-5-14-23-18)22-13-10-16-6-3-4-7-17(16)15-22;/h2-8,14H,1,9-13,15H2,(H,20,21);1H. The lowest BCUT2D eigenvalue weighted by Gasteiger charge is -2.31. The second-order valence-electron chi connectivity index (χ2n) is 5.64. The van der Waals surface area contributed by atoms with E-state index in [-0.39, 0.29) is 24.0 Å². The lowest BCUT2D eigenvalue weighted by Crippen LogP contribution is -2.44. The Labute approximate surface area is 160 Å². The minimum Gasteiger partial charge on any atom is -0.469 e.